The Kier molecular flexibility index (Phi) is 13.0. The van der Waals surface area contributed by atoms with E-state index in [-0.39, 0.29) is 35.3 Å². The molecule has 346 valence electrons. The standard InChI is InChI=1S/C50H57NO14/c1-8-15-30-20-22-32(23-21-30)44(57)51-38(31-16-11-9-12-17-31)39(55)46(59)63-34-25-50(60)43(64-45(58)33-18-13-10-14-19-33)41-48(7,35(54)24-36-49(41,26-61-36)65-29(4)53)42(56)40(62-28(3)52)37(27(34)2)47(50,5)6/h9-14,16-23,34-36,38-41,43,54-55,60H,8,15,24-26H2,1-7H3,(H,51,57)/t34-,35-,36+,38-,39+,40+,41-,43-,48+,49-,50+/m0/s1. The number of esters is 4. The van der Waals surface area contributed by atoms with E-state index in [2.05, 4.69) is 5.32 Å². The minimum atomic E-state index is -2.39. The summed E-state index contributed by atoms with van der Waals surface area (Å²) in [6.45, 7) is 10.0. The zero-order valence-electron chi connectivity index (χ0n) is 37.6. The highest BCUT2D eigenvalue weighted by atomic mass is 16.6. The Bertz CT molecular complexity index is 2360. The molecule has 4 N–H and O–H groups in total. The molecule has 4 aliphatic rings. The number of carbonyl (C=O) groups is 6. The first-order chi connectivity index (χ1) is 30.7. The van der Waals surface area contributed by atoms with Gasteiger partial charge in [0.25, 0.3) is 5.91 Å². The predicted molar refractivity (Wildman–Crippen MR) is 232 cm³/mol. The fourth-order valence-corrected chi connectivity index (χ4v) is 10.7. The van der Waals surface area contributed by atoms with Gasteiger partial charge in [-0.3, -0.25) is 19.2 Å². The molecule has 3 aliphatic carbocycles. The summed E-state index contributed by atoms with van der Waals surface area (Å²) in [5, 5.41) is 40.5. The molecule has 3 fully saturated rings. The number of fused-ring (bicyclic) bond motifs is 5. The first-order valence-corrected chi connectivity index (χ1v) is 21.9. The molecular weight excluding hydrogens is 839 g/mol. The average Bonchev–Trinajstić information content (AvgIpc) is 3.26. The first-order valence-electron chi connectivity index (χ1n) is 21.9. The van der Waals surface area contributed by atoms with Crippen LogP contribution in [0.4, 0.5) is 0 Å². The number of aliphatic hydroxyl groups is 3. The molecular formula is C50H57NO14. The molecule has 3 aromatic rings. The van der Waals surface area contributed by atoms with Crippen LogP contribution >= 0.6 is 0 Å². The summed E-state index contributed by atoms with van der Waals surface area (Å²) in [5.74, 6) is -6.82. The van der Waals surface area contributed by atoms with E-state index in [1.807, 2.05) is 19.1 Å². The number of hydrogen-bond acceptors (Lipinski definition) is 14. The van der Waals surface area contributed by atoms with Crippen molar-refractivity contribution in [2.45, 2.75) is 128 Å². The number of aryl methyl sites for hydroxylation is 1. The fourth-order valence-electron chi connectivity index (χ4n) is 10.7. The summed E-state index contributed by atoms with van der Waals surface area (Å²) >= 11 is 0. The highest BCUT2D eigenvalue weighted by Gasteiger charge is 2.78. The summed E-state index contributed by atoms with van der Waals surface area (Å²) < 4.78 is 30.4. The van der Waals surface area contributed by atoms with Crippen molar-refractivity contribution in [3.63, 3.8) is 0 Å². The molecule has 3 aromatic carbocycles. The zero-order chi connectivity index (χ0) is 47.2. The molecule has 0 spiro atoms. The molecule has 15 nitrogen and oxygen atoms in total. The topological polar surface area (TPSA) is 221 Å². The molecule has 2 saturated carbocycles. The Balaban J connectivity index is 1.36. The largest absolute Gasteiger partial charge is 0.456 e. The second kappa shape index (κ2) is 17.9. The summed E-state index contributed by atoms with van der Waals surface area (Å²) in [6, 6.07) is 21.8. The second-order valence-electron chi connectivity index (χ2n) is 18.4. The fraction of sp³-hybridized carbons (Fsp3) is 0.480. The van der Waals surface area contributed by atoms with Crippen LogP contribution in [0.3, 0.4) is 0 Å². The van der Waals surface area contributed by atoms with Gasteiger partial charge in [0.05, 0.1) is 35.6 Å². The van der Waals surface area contributed by atoms with Gasteiger partial charge in [-0.1, -0.05) is 87.9 Å². The molecule has 1 heterocycles. The van der Waals surface area contributed by atoms with Gasteiger partial charge in [-0.2, -0.15) is 0 Å². The van der Waals surface area contributed by atoms with Crippen molar-refractivity contribution in [1.29, 1.82) is 0 Å². The monoisotopic (exact) mass is 895 g/mol. The Morgan fingerprint density at radius 2 is 1.49 bits per heavy atom. The van der Waals surface area contributed by atoms with Crippen LogP contribution in [0.15, 0.2) is 96.1 Å². The van der Waals surface area contributed by atoms with Crippen LogP contribution in [-0.2, 0) is 49.3 Å². The van der Waals surface area contributed by atoms with E-state index < -0.39 is 113 Å². The highest BCUT2D eigenvalue weighted by Crippen LogP contribution is 2.64. The van der Waals surface area contributed by atoms with E-state index in [0.29, 0.717) is 5.56 Å². The molecule has 0 unspecified atom stereocenters. The minimum absolute atomic E-state index is 0.000624. The lowest BCUT2D eigenvalue weighted by Gasteiger charge is -2.67. The van der Waals surface area contributed by atoms with Crippen molar-refractivity contribution in [2.75, 3.05) is 6.61 Å². The van der Waals surface area contributed by atoms with Gasteiger partial charge < -0.3 is 44.3 Å². The number of rotatable bonds is 12. The summed E-state index contributed by atoms with van der Waals surface area (Å²) in [6.07, 6.45) is -8.80. The van der Waals surface area contributed by atoms with E-state index in [0.717, 1.165) is 32.3 Å². The van der Waals surface area contributed by atoms with Crippen molar-refractivity contribution in [3.05, 3.63) is 118 Å². The number of amides is 1. The van der Waals surface area contributed by atoms with Crippen LogP contribution in [-0.4, -0.2) is 105 Å². The van der Waals surface area contributed by atoms with Gasteiger partial charge in [-0.25, -0.2) is 9.59 Å². The van der Waals surface area contributed by atoms with Crippen molar-refractivity contribution in [1.82, 2.24) is 5.32 Å². The lowest BCUT2D eigenvalue weighted by molar-refractivity contribution is -0.346. The predicted octanol–water partition coefficient (Wildman–Crippen LogP) is 4.69. The van der Waals surface area contributed by atoms with Crippen molar-refractivity contribution in [3.8, 4) is 0 Å². The lowest BCUT2D eigenvalue weighted by Crippen LogP contribution is -2.82. The van der Waals surface area contributed by atoms with Crippen LogP contribution in [0.2, 0.25) is 0 Å². The maximum absolute atomic E-state index is 15.5. The summed E-state index contributed by atoms with van der Waals surface area (Å²) in [7, 11) is 0. The van der Waals surface area contributed by atoms with Crippen LogP contribution in [0.1, 0.15) is 106 Å². The SMILES string of the molecule is CCCc1ccc(C(=O)N[C@@H](c2ccccc2)[C@@H](O)C(=O)O[C@H]2C[C@@]3(O)[C@@H](OC(=O)c4ccccc4)[C@@H]4[C@]5(OC(C)=O)CO[C@@H]5C[C@H](O)[C@@]4(C)C(=O)[C@H](OC(C)=O)C(=C2C)C3(C)C)cc1. The van der Waals surface area contributed by atoms with Gasteiger partial charge in [0.15, 0.2) is 23.6 Å². The van der Waals surface area contributed by atoms with Crippen molar-refractivity contribution in [2.24, 2.45) is 16.7 Å². The van der Waals surface area contributed by atoms with Crippen LogP contribution < -0.4 is 5.32 Å². The summed E-state index contributed by atoms with van der Waals surface area (Å²) in [5.41, 5.74) is -5.96. The number of benzene rings is 3. The van der Waals surface area contributed by atoms with Gasteiger partial charge >= 0.3 is 23.9 Å². The van der Waals surface area contributed by atoms with E-state index in [1.54, 1.807) is 74.5 Å². The van der Waals surface area contributed by atoms with Crippen LogP contribution in [0, 0.1) is 16.7 Å². The molecule has 11 atom stereocenters. The number of hydrogen-bond donors (Lipinski definition) is 4. The number of nitrogens with one attached hydrogen (secondary N) is 1. The lowest BCUT2D eigenvalue weighted by atomic mass is 9.44. The van der Waals surface area contributed by atoms with E-state index in [9.17, 15) is 39.3 Å². The Morgan fingerprint density at radius 3 is 2.06 bits per heavy atom. The molecule has 7 rings (SSSR count). The zero-order valence-corrected chi connectivity index (χ0v) is 37.6. The van der Waals surface area contributed by atoms with E-state index in [4.69, 9.17) is 23.7 Å². The van der Waals surface area contributed by atoms with Gasteiger partial charge in [-0.05, 0) is 66.8 Å². The average molecular weight is 896 g/mol. The van der Waals surface area contributed by atoms with Gasteiger partial charge in [0.2, 0.25) is 0 Å². The first kappa shape index (κ1) is 47.2. The maximum atomic E-state index is 15.5. The molecule has 1 saturated heterocycles. The van der Waals surface area contributed by atoms with E-state index in [1.165, 1.54) is 26.0 Å². The number of aliphatic hydroxyl groups excluding tert-OH is 2. The minimum Gasteiger partial charge on any atom is -0.456 e. The number of ketones is 1. The van der Waals surface area contributed by atoms with Crippen LogP contribution in [0.5, 0.6) is 0 Å². The number of carbonyl (C=O) groups excluding carboxylic acids is 6. The molecule has 15 heteroatoms. The molecule has 2 bridgehead atoms. The third kappa shape index (κ3) is 8.17. The van der Waals surface area contributed by atoms with Gasteiger partial charge in [0.1, 0.15) is 23.9 Å². The number of ether oxygens (including phenoxy) is 5. The molecule has 65 heavy (non-hydrogen) atoms. The Morgan fingerprint density at radius 1 is 0.862 bits per heavy atom. The quantitative estimate of drug-likeness (QED) is 0.110. The summed E-state index contributed by atoms with van der Waals surface area (Å²) in [4.78, 5) is 84.0. The van der Waals surface area contributed by atoms with Crippen molar-refractivity contribution >= 4 is 35.6 Å². The molecule has 0 radical (unpaired) electrons. The maximum Gasteiger partial charge on any atom is 0.338 e. The highest BCUT2D eigenvalue weighted by molar-refractivity contribution is 5.96. The smallest absolute Gasteiger partial charge is 0.338 e. The normalized spacial score (nSPS) is 31.0. The molecule has 1 aliphatic heterocycles. The third-order valence-corrected chi connectivity index (χ3v) is 14.2. The molecule has 1 amide bonds. The third-order valence-electron chi connectivity index (χ3n) is 14.2. The van der Waals surface area contributed by atoms with Gasteiger partial charge in [0, 0.05) is 37.7 Å². The Hall–Kier alpha value is -5.74. The van der Waals surface area contributed by atoms with Crippen molar-refractivity contribution < 1.29 is 67.8 Å². The number of Topliss-reactive ketones (excluding diaryl/α,β-unsaturated/α-hetero) is 1. The molecule has 0 aromatic heterocycles. The van der Waals surface area contributed by atoms with Gasteiger partial charge in [-0.15, -0.1) is 0 Å². The van der Waals surface area contributed by atoms with E-state index >= 15 is 4.79 Å². The van der Waals surface area contributed by atoms with Crippen LogP contribution in [0.25, 0.3) is 0 Å². The Labute approximate surface area is 377 Å². The second-order valence-corrected chi connectivity index (χ2v) is 18.4.